The summed E-state index contributed by atoms with van der Waals surface area (Å²) >= 11 is 0. The van der Waals surface area contributed by atoms with Crippen LogP contribution in [0.3, 0.4) is 0 Å². The molecule has 126 valence electrons. The average molecular weight is 306 g/mol. The van der Waals surface area contributed by atoms with Crippen molar-refractivity contribution in [2.75, 3.05) is 0 Å². The molecule has 1 rings (SSSR count). The standard InChI is InChI=1S/C20H36N2/c1-2-3-4-5-6-7-8-9-10-11-12-13-14-15-16-18-22-19-17-21-20-22/h16-20H,2-15H2,1H3/p+1. The summed E-state index contributed by atoms with van der Waals surface area (Å²) in [5.41, 5.74) is 0. The first-order chi connectivity index (χ1) is 10.9. The highest BCUT2D eigenvalue weighted by molar-refractivity contribution is 5.04. The summed E-state index contributed by atoms with van der Waals surface area (Å²) in [6, 6.07) is 0. The minimum Gasteiger partial charge on any atom is -0.250 e. The van der Waals surface area contributed by atoms with E-state index in [1.807, 2.05) is 18.7 Å². The molecule has 0 aliphatic carbocycles. The molecular weight excluding hydrogens is 268 g/mol. The molecule has 1 aromatic heterocycles. The van der Waals surface area contributed by atoms with E-state index in [1.165, 1.54) is 89.9 Å². The molecule has 0 amide bonds. The van der Waals surface area contributed by atoms with E-state index in [1.54, 1.807) is 0 Å². The van der Waals surface area contributed by atoms with Crippen molar-refractivity contribution in [3.8, 4) is 0 Å². The molecule has 1 aromatic rings. The van der Waals surface area contributed by atoms with Crippen LogP contribution in [-0.4, -0.2) is 4.98 Å². The van der Waals surface area contributed by atoms with Gasteiger partial charge in [0, 0.05) is 0 Å². The molecule has 0 saturated carbocycles. The summed E-state index contributed by atoms with van der Waals surface area (Å²) in [7, 11) is 0. The van der Waals surface area contributed by atoms with Crippen LogP contribution in [0, 0.1) is 0 Å². The zero-order valence-corrected chi connectivity index (χ0v) is 14.7. The molecule has 0 aliphatic rings. The van der Waals surface area contributed by atoms with E-state index in [0.29, 0.717) is 0 Å². The van der Waals surface area contributed by atoms with Gasteiger partial charge >= 0.3 is 0 Å². The maximum atomic E-state index is 3.04. The van der Waals surface area contributed by atoms with E-state index in [-0.39, 0.29) is 0 Å². The van der Waals surface area contributed by atoms with Gasteiger partial charge in [-0.3, -0.25) is 0 Å². The minimum absolute atomic E-state index is 1.20. The molecule has 1 heterocycles. The van der Waals surface area contributed by atoms with Crippen molar-refractivity contribution in [2.24, 2.45) is 0 Å². The maximum Gasteiger partial charge on any atom is 0.246 e. The predicted molar refractivity (Wildman–Crippen MR) is 96.6 cm³/mol. The Morgan fingerprint density at radius 3 is 1.82 bits per heavy atom. The molecule has 2 heteroatoms. The fourth-order valence-corrected chi connectivity index (χ4v) is 2.87. The second-order valence-electron chi connectivity index (χ2n) is 6.47. The zero-order chi connectivity index (χ0) is 15.7. The van der Waals surface area contributed by atoms with Gasteiger partial charge in [-0.2, -0.15) is 0 Å². The minimum atomic E-state index is 1.20. The summed E-state index contributed by atoms with van der Waals surface area (Å²) < 4.78 is 2.06. The Kier molecular flexibility index (Phi) is 12.8. The van der Waals surface area contributed by atoms with E-state index in [2.05, 4.69) is 28.8 Å². The summed E-state index contributed by atoms with van der Waals surface area (Å²) in [5.74, 6) is 0. The van der Waals surface area contributed by atoms with Crippen molar-refractivity contribution in [1.29, 1.82) is 0 Å². The van der Waals surface area contributed by atoms with Crippen LogP contribution < -0.4 is 4.57 Å². The van der Waals surface area contributed by atoms with Crippen LogP contribution in [0.4, 0.5) is 0 Å². The van der Waals surface area contributed by atoms with E-state index < -0.39 is 0 Å². The molecule has 0 bridgehead atoms. The molecule has 0 fully saturated rings. The second-order valence-corrected chi connectivity index (χ2v) is 6.47. The largest absolute Gasteiger partial charge is 0.250 e. The Morgan fingerprint density at radius 2 is 1.32 bits per heavy atom. The topological polar surface area (TPSA) is 19.7 Å². The van der Waals surface area contributed by atoms with Gasteiger partial charge in [0.05, 0.1) is 6.20 Å². The van der Waals surface area contributed by atoms with Gasteiger partial charge in [-0.05, 0) is 18.9 Å². The van der Waals surface area contributed by atoms with Crippen molar-refractivity contribution in [3.63, 3.8) is 0 Å². The van der Waals surface area contributed by atoms with Crippen LogP contribution in [-0.2, 0) is 0 Å². The Morgan fingerprint density at radius 1 is 0.773 bits per heavy atom. The smallest absolute Gasteiger partial charge is 0.246 e. The average Bonchev–Trinajstić information content (AvgIpc) is 3.04. The van der Waals surface area contributed by atoms with Crippen molar-refractivity contribution in [1.82, 2.24) is 4.98 Å². The Bertz CT molecular complexity index is 341. The molecule has 0 spiro atoms. The maximum absolute atomic E-state index is 3.04. The van der Waals surface area contributed by atoms with Gasteiger partial charge in [0.2, 0.25) is 6.33 Å². The number of hydrogen-bond acceptors (Lipinski definition) is 0. The van der Waals surface area contributed by atoms with Gasteiger partial charge in [0.15, 0.2) is 0 Å². The van der Waals surface area contributed by atoms with Crippen molar-refractivity contribution in [2.45, 2.75) is 96.8 Å². The van der Waals surface area contributed by atoms with E-state index in [9.17, 15) is 0 Å². The molecular formula is C20H37N2+. The Labute approximate surface area is 138 Å². The quantitative estimate of drug-likeness (QED) is 0.292. The number of nitrogens with one attached hydrogen (secondary N) is 1. The Balaban J connectivity index is 1.73. The number of H-pyrrole nitrogens is 1. The highest BCUT2D eigenvalue weighted by atomic mass is 15.0. The van der Waals surface area contributed by atoms with E-state index >= 15 is 0 Å². The van der Waals surface area contributed by atoms with Gasteiger partial charge in [-0.25, -0.2) is 9.55 Å². The van der Waals surface area contributed by atoms with Crippen molar-refractivity contribution >= 4 is 6.20 Å². The highest BCUT2D eigenvalue weighted by Crippen LogP contribution is 2.12. The van der Waals surface area contributed by atoms with Crippen LogP contribution in [0.25, 0.3) is 6.20 Å². The number of imidazole rings is 1. The molecule has 0 saturated heterocycles. The van der Waals surface area contributed by atoms with Crippen molar-refractivity contribution in [3.05, 3.63) is 24.8 Å². The predicted octanol–water partition coefficient (Wildman–Crippen LogP) is 6.25. The van der Waals surface area contributed by atoms with Gasteiger partial charge in [-0.15, -0.1) is 0 Å². The van der Waals surface area contributed by atoms with Gasteiger partial charge in [0.25, 0.3) is 0 Å². The molecule has 0 atom stereocenters. The first-order valence-corrected chi connectivity index (χ1v) is 9.63. The SMILES string of the molecule is CCCCCCCCCCCCCCCC=C[n+]1cc[nH]c1. The lowest BCUT2D eigenvalue weighted by Crippen LogP contribution is -2.20. The summed E-state index contributed by atoms with van der Waals surface area (Å²) in [6.45, 7) is 2.29. The molecule has 2 nitrogen and oxygen atoms in total. The molecule has 0 unspecified atom stereocenters. The van der Waals surface area contributed by atoms with Crippen LogP contribution in [0.2, 0.25) is 0 Å². The molecule has 0 radical (unpaired) electrons. The summed E-state index contributed by atoms with van der Waals surface area (Å²) in [4.78, 5) is 3.04. The number of hydrogen-bond donors (Lipinski definition) is 1. The van der Waals surface area contributed by atoms with Crippen molar-refractivity contribution < 1.29 is 4.57 Å². The van der Waals surface area contributed by atoms with E-state index in [4.69, 9.17) is 0 Å². The number of aromatic nitrogens is 2. The van der Waals surface area contributed by atoms with Gasteiger partial charge in [-0.1, -0.05) is 84.0 Å². The lowest BCUT2D eigenvalue weighted by atomic mass is 10.0. The normalized spacial score (nSPS) is 11.5. The number of rotatable bonds is 15. The lowest BCUT2D eigenvalue weighted by molar-refractivity contribution is -0.566. The van der Waals surface area contributed by atoms with Crippen LogP contribution in [0.5, 0.6) is 0 Å². The third-order valence-corrected chi connectivity index (χ3v) is 4.32. The van der Waals surface area contributed by atoms with Crippen LogP contribution in [0.1, 0.15) is 96.8 Å². The van der Waals surface area contributed by atoms with Crippen LogP contribution in [0.15, 0.2) is 24.8 Å². The first kappa shape index (κ1) is 19.0. The third kappa shape index (κ3) is 11.6. The molecule has 1 N–H and O–H groups in total. The Hall–Kier alpha value is -1.05. The lowest BCUT2D eigenvalue weighted by Gasteiger charge is -2.02. The fraction of sp³-hybridized carbons (Fsp3) is 0.750. The number of nitrogens with zero attached hydrogens (tertiary/aromatic N) is 1. The number of aromatic amines is 1. The summed E-state index contributed by atoms with van der Waals surface area (Å²) in [5, 5.41) is 0. The number of allylic oxidation sites excluding steroid dienone is 1. The number of unbranched alkanes of at least 4 members (excludes halogenated alkanes) is 13. The third-order valence-electron chi connectivity index (χ3n) is 4.32. The van der Waals surface area contributed by atoms with E-state index in [0.717, 1.165) is 0 Å². The van der Waals surface area contributed by atoms with Gasteiger partial charge in [0.1, 0.15) is 12.4 Å². The highest BCUT2D eigenvalue weighted by Gasteiger charge is 1.93. The monoisotopic (exact) mass is 305 g/mol. The van der Waals surface area contributed by atoms with Crippen LogP contribution >= 0.6 is 0 Å². The van der Waals surface area contributed by atoms with Gasteiger partial charge < -0.3 is 0 Å². The molecule has 0 aromatic carbocycles. The summed E-state index contributed by atoms with van der Waals surface area (Å²) in [6.07, 6.45) is 30.1. The second kappa shape index (κ2) is 14.9. The zero-order valence-electron chi connectivity index (χ0n) is 14.7. The molecule has 22 heavy (non-hydrogen) atoms. The fourth-order valence-electron chi connectivity index (χ4n) is 2.87. The molecule has 0 aliphatic heterocycles. The first-order valence-electron chi connectivity index (χ1n) is 9.63.